The van der Waals surface area contributed by atoms with Crippen LogP contribution in [0, 0.1) is 0 Å². The summed E-state index contributed by atoms with van der Waals surface area (Å²) < 4.78 is 0. The number of hydrogen-bond acceptors (Lipinski definition) is 4. The minimum Gasteiger partial charge on any atom is -0.394 e. The van der Waals surface area contributed by atoms with Crippen LogP contribution in [0.25, 0.3) is 0 Å². The topological polar surface area (TPSA) is 89.8 Å². The lowest BCUT2D eigenvalue weighted by Gasteiger charge is -2.21. The van der Waals surface area contributed by atoms with Gasteiger partial charge in [0.05, 0.1) is 31.3 Å². The molecule has 0 fully saturated rings. The average Bonchev–Trinajstić information content (AvgIpc) is 3.24. The Labute approximate surface area is 373 Å². The number of allylic oxidation sites excluding steroid dienone is 9. The van der Waals surface area contributed by atoms with Gasteiger partial charge in [-0.05, 0) is 77.0 Å². The third kappa shape index (κ3) is 45.6. The summed E-state index contributed by atoms with van der Waals surface area (Å²) in [4.78, 5) is 12.5. The fraction of sp³-hybridized carbons (Fsp3) is 0.800. The molecule has 0 aliphatic heterocycles. The van der Waals surface area contributed by atoms with E-state index < -0.39 is 18.2 Å². The Morgan fingerprint density at radius 2 is 0.767 bits per heavy atom. The molecule has 5 nitrogen and oxygen atoms in total. The van der Waals surface area contributed by atoms with E-state index in [2.05, 4.69) is 67.8 Å². The van der Waals surface area contributed by atoms with Crippen LogP contribution in [0.4, 0.5) is 0 Å². The fourth-order valence-electron chi connectivity index (χ4n) is 7.76. The number of carbonyl (C=O) groups excluding carboxylic acids is 1. The van der Waals surface area contributed by atoms with Crippen LogP contribution in [0.5, 0.6) is 0 Å². The first-order chi connectivity index (χ1) is 29.5. The van der Waals surface area contributed by atoms with E-state index in [1.165, 1.54) is 186 Å². The largest absolute Gasteiger partial charge is 0.394 e. The molecule has 0 saturated carbocycles. The van der Waals surface area contributed by atoms with Crippen LogP contribution in [0.1, 0.15) is 258 Å². The van der Waals surface area contributed by atoms with Gasteiger partial charge in [0.1, 0.15) is 0 Å². The lowest BCUT2D eigenvalue weighted by molar-refractivity contribution is -0.124. The molecule has 4 N–H and O–H groups in total. The average molecular weight is 840 g/mol. The number of aliphatic hydroxyl groups excluding tert-OH is 3. The maximum Gasteiger partial charge on any atom is 0.222 e. The second-order valence-electron chi connectivity index (χ2n) is 17.8. The van der Waals surface area contributed by atoms with E-state index in [9.17, 15) is 20.1 Å². The molecule has 0 rings (SSSR count). The van der Waals surface area contributed by atoms with Crippen LogP contribution in [-0.2, 0) is 4.79 Å². The van der Waals surface area contributed by atoms with E-state index in [4.69, 9.17) is 0 Å². The Morgan fingerprint density at radius 3 is 1.17 bits per heavy atom. The van der Waals surface area contributed by atoms with Crippen molar-refractivity contribution >= 4 is 5.91 Å². The van der Waals surface area contributed by atoms with Crippen LogP contribution in [0.3, 0.4) is 0 Å². The van der Waals surface area contributed by atoms with Gasteiger partial charge in [-0.15, -0.1) is 0 Å². The zero-order valence-corrected chi connectivity index (χ0v) is 39.8. The van der Waals surface area contributed by atoms with Crippen molar-refractivity contribution in [2.24, 2.45) is 0 Å². The minimum absolute atomic E-state index is 0.00246. The van der Waals surface area contributed by atoms with Gasteiger partial charge >= 0.3 is 0 Å². The third-order valence-corrected chi connectivity index (χ3v) is 11.8. The molecule has 1 amide bonds. The van der Waals surface area contributed by atoms with Gasteiger partial charge in [-0.25, -0.2) is 0 Å². The van der Waals surface area contributed by atoms with Gasteiger partial charge in [0.15, 0.2) is 0 Å². The molecule has 0 radical (unpaired) electrons. The third-order valence-electron chi connectivity index (χ3n) is 11.8. The van der Waals surface area contributed by atoms with Crippen molar-refractivity contribution in [1.82, 2.24) is 5.32 Å². The summed E-state index contributed by atoms with van der Waals surface area (Å²) in [5.74, 6) is -0.332. The summed E-state index contributed by atoms with van der Waals surface area (Å²) in [6.45, 7) is 4.21. The SMILES string of the molecule is CCCCCCCCCCC/C=C\C/C=C\CCCCCCCCCCCC(O)CC(=O)NC(CO)C(O)/C=C/CC/C=C/CC/C=C/CCCCCCCCCCCC. The maximum absolute atomic E-state index is 12.5. The Hall–Kier alpha value is -1.95. The van der Waals surface area contributed by atoms with Gasteiger partial charge in [-0.2, -0.15) is 0 Å². The smallest absolute Gasteiger partial charge is 0.222 e. The molecule has 0 aromatic heterocycles. The summed E-state index contributed by atoms with van der Waals surface area (Å²) in [7, 11) is 0. The van der Waals surface area contributed by atoms with Crippen molar-refractivity contribution in [3.05, 3.63) is 60.8 Å². The second kappa shape index (κ2) is 49.7. The highest BCUT2D eigenvalue weighted by Crippen LogP contribution is 2.15. The van der Waals surface area contributed by atoms with Crippen molar-refractivity contribution < 1.29 is 20.1 Å². The Morgan fingerprint density at radius 1 is 0.433 bits per heavy atom. The number of aliphatic hydroxyl groups is 3. The molecule has 3 unspecified atom stereocenters. The monoisotopic (exact) mass is 840 g/mol. The molecule has 60 heavy (non-hydrogen) atoms. The molecule has 0 heterocycles. The number of amides is 1. The highest BCUT2D eigenvalue weighted by Gasteiger charge is 2.20. The quantitative estimate of drug-likeness (QED) is 0.0363. The van der Waals surface area contributed by atoms with E-state index >= 15 is 0 Å². The summed E-state index contributed by atoms with van der Waals surface area (Å²) in [6, 6.07) is -0.772. The standard InChI is InChI=1S/C55H101NO4/c1-3-5-7-9-11-13-15-17-19-21-23-25-26-27-28-29-30-32-34-36-38-40-42-44-46-48-52(58)50-55(60)56-53(51-57)54(59)49-47-45-43-41-39-37-35-33-31-24-22-20-18-16-14-12-10-8-6-4-2/h23,25,27-28,31,33,39,41,47,49,52-54,57-59H,3-22,24,26,29-30,32,34-38,40,42-46,48,50-51H2,1-2H3,(H,56,60)/b25-23-,28-27-,33-31+,41-39+,49-47+. The van der Waals surface area contributed by atoms with Gasteiger partial charge in [-0.3, -0.25) is 4.79 Å². The molecular formula is C55H101NO4. The van der Waals surface area contributed by atoms with Gasteiger partial charge in [-0.1, -0.05) is 235 Å². The molecule has 0 saturated heterocycles. The summed E-state index contributed by atoms with van der Waals surface area (Å²) >= 11 is 0. The first-order valence-corrected chi connectivity index (χ1v) is 26.1. The van der Waals surface area contributed by atoms with Crippen molar-refractivity contribution in [3.8, 4) is 0 Å². The van der Waals surface area contributed by atoms with Crippen molar-refractivity contribution in [2.45, 2.75) is 276 Å². The van der Waals surface area contributed by atoms with Crippen LogP contribution in [0.2, 0.25) is 0 Å². The highest BCUT2D eigenvalue weighted by atomic mass is 16.3. The number of unbranched alkanes of at least 4 members (excludes halogenated alkanes) is 30. The summed E-state index contributed by atoms with van der Waals surface area (Å²) in [5, 5.41) is 33.3. The van der Waals surface area contributed by atoms with Gasteiger partial charge in [0, 0.05) is 0 Å². The zero-order chi connectivity index (χ0) is 43.7. The highest BCUT2D eigenvalue weighted by molar-refractivity contribution is 5.76. The fourth-order valence-corrected chi connectivity index (χ4v) is 7.76. The molecule has 0 spiro atoms. The van der Waals surface area contributed by atoms with Crippen LogP contribution >= 0.6 is 0 Å². The second-order valence-corrected chi connectivity index (χ2v) is 17.8. The summed E-state index contributed by atoms with van der Waals surface area (Å²) in [6.07, 6.45) is 66.7. The lowest BCUT2D eigenvalue weighted by Crippen LogP contribution is -2.45. The number of rotatable bonds is 47. The van der Waals surface area contributed by atoms with Crippen molar-refractivity contribution in [2.75, 3.05) is 6.61 Å². The molecular weight excluding hydrogens is 739 g/mol. The zero-order valence-electron chi connectivity index (χ0n) is 39.8. The molecule has 3 atom stereocenters. The van der Waals surface area contributed by atoms with Crippen molar-refractivity contribution in [3.63, 3.8) is 0 Å². The first kappa shape index (κ1) is 58.0. The predicted octanol–water partition coefficient (Wildman–Crippen LogP) is 15.8. The number of carbonyl (C=O) groups is 1. The van der Waals surface area contributed by atoms with E-state index in [0.717, 1.165) is 44.9 Å². The van der Waals surface area contributed by atoms with Gasteiger partial charge in [0.25, 0.3) is 0 Å². The Bertz CT molecular complexity index is 1020. The normalized spacial score (nSPS) is 13.9. The van der Waals surface area contributed by atoms with E-state index in [1.54, 1.807) is 6.08 Å². The van der Waals surface area contributed by atoms with Crippen LogP contribution < -0.4 is 5.32 Å². The molecule has 0 aromatic rings. The van der Waals surface area contributed by atoms with Gasteiger partial charge < -0.3 is 20.6 Å². The first-order valence-electron chi connectivity index (χ1n) is 26.1. The lowest BCUT2D eigenvalue weighted by atomic mass is 10.0. The minimum atomic E-state index is -0.964. The molecule has 0 aromatic carbocycles. The van der Waals surface area contributed by atoms with Crippen LogP contribution in [-0.4, -0.2) is 46.1 Å². The Kier molecular flexibility index (Phi) is 48.1. The Balaban J connectivity index is 3.68. The van der Waals surface area contributed by atoms with Crippen LogP contribution in [0.15, 0.2) is 60.8 Å². The van der Waals surface area contributed by atoms with Crippen molar-refractivity contribution in [1.29, 1.82) is 0 Å². The predicted molar refractivity (Wildman–Crippen MR) is 264 cm³/mol. The molecule has 0 aliphatic rings. The molecule has 0 aliphatic carbocycles. The number of hydrogen-bond donors (Lipinski definition) is 4. The molecule has 0 bridgehead atoms. The molecule has 350 valence electrons. The van der Waals surface area contributed by atoms with E-state index in [-0.39, 0.29) is 18.9 Å². The number of nitrogens with one attached hydrogen (secondary N) is 1. The van der Waals surface area contributed by atoms with E-state index in [0.29, 0.717) is 6.42 Å². The maximum atomic E-state index is 12.5. The molecule has 5 heteroatoms. The van der Waals surface area contributed by atoms with E-state index in [1.807, 2.05) is 6.08 Å². The van der Waals surface area contributed by atoms with Gasteiger partial charge in [0.2, 0.25) is 5.91 Å². The summed E-state index contributed by atoms with van der Waals surface area (Å²) in [5.41, 5.74) is 0.